The van der Waals surface area contributed by atoms with Gasteiger partial charge in [0.2, 0.25) is 0 Å². The van der Waals surface area contributed by atoms with Gasteiger partial charge in [0.05, 0.1) is 4.90 Å². The Morgan fingerprint density at radius 3 is 2.33 bits per heavy atom. The molecule has 0 aliphatic carbocycles. The van der Waals surface area contributed by atoms with E-state index in [-0.39, 0.29) is 34.7 Å². The summed E-state index contributed by atoms with van der Waals surface area (Å²) in [5.74, 6) is -1.53. The van der Waals surface area contributed by atoms with Gasteiger partial charge in [-0.2, -0.15) is 0 Å². The van der Waals surface area contributed by atoms with E-state index in [4.69, 9.17) is 4.74 Å². The van der Waals surface area contributed by atoms with Crippen LogP contribution >= 0.6 is 0 Å². The van der Waals surface area contributed by atoms with Crippen molar-refractivity contribution in [2.45, 2.75) is 68.2 Å². The van der Waals surface area contributed by atoms with Crippen molar-refractivity contribution in [1.29, 1.82) is 0 Å². The van der Waals surface area contributed by atoms with Crippen LogP contribution in [-0.4, -0.2) is 49.3 Å². The number of rotatable bonds is 6. The third kappa shape index (κ3) is 4.95. The van der Waals surface area contributed by atoms with Crippen molar-refractivity contribution in [1.82, 2.24) is 10.3 Å². The molecule has 0 radical (unpaired) electrons. The van der Waals surface area contributed by atoms with Crippen molar-refractivity contribution in [3.05, 3.63) is 48.2 Å². The minimum Gasteiger partial charge on any atom is -0.478 e. The molecule has 0 saturated carbocycles. The van der Waals surface area contributed by atoms with Crippen LogP contribution in [-0.2, 0) is 14.6 Å². The number of sulfone groups is 1. The molecule has 2 aliphatic heterocycles. The third-order valence-electron chi connectivity index (χ3n) is 6.29. The van der Waals surface area contributed by atoms with Crippen LogP contribution in [0.3, 0.4) is 0 Å². The van der Waals surface area contributed by atoms with Crippen LogP contribution in [0.25, 0.3) is 0 Å². The van der Waals surface area contributed by atoms with Crippen LogP contribution < -0.4 is 15.0 Å². The number of hydrogen-bond donors (Lipinski definition) is 1. The standard InChI is InChI=1S/C23H27F2N3O4S/c1-23(2,32-17-6-8-19(24)20(25)12-17)22(29)27-14-10-15-4-5-16(11-14)28(15)21-9-7-18(13-26-21)33(3,30)31/h6-9,12-16H,4-5,10-11H2,1-3H3,(H,27,29)/t14-,15+,16-. The summed E-state index contributed by atoms with van der Waals surface area (Å²) >= 11 is 0. The van der Waals surface area contributed by atoms with Crippen LogP contribution in [0.4, 0.5) is 14.6 Å². The van der Waals surface area contributed by atoms with Gasteiger partial charge < -0.3 is 15.0 Å². The van der Waals surface area contributed by atoms with Gasteiger partial charge in [0, 0.05) is 36.6 Å². The van der Waals surface area contributed by atoms with Gasteiger partial charge in [0.15, 0.2) is 27.1 Å². The molecule has 2 saturated heterocycles. The lowest BCUT2D eigenvalue weighted by Crippen LogP contribution is -2.55. The maximum atomic E-state index is 13.5. The highest BCUT2D eigenvalue weighted by Crippen LogP contribution is 2.39. The van der Waals surface area contributed by atoms with E-state index in [1.54, 1.807) is 26.0 Å². The topological polar surface area (TPSA) is 88.6 Å². The number of aromatic nitrogens is 1. The number of piperidine rings is 1. The molecule has 0 spiro atoms. The van der Waals surface area contributed by atoms with Crippen molar-refractivity contribution in [2.75, 3.05) is 11.2 Å². The fourth-order valence-corrected chi connectivity index (χ4v) is 5.21. The molecule has 2 bridgehead atoms. The second-order valence-corrected chi connectivity index (χ2v) is 11.3. The molecule has 4 rings (SSSR count). The zero-order valence-corrected chi connectivity index (χ0v) is 19.5. The second-order valence-electron chi connectivity index (χ2n) is 9.25. The first-order valence-electron chi connectivity index (χ1n) is 10.8. The summed E-state index contributed by atoms with van der Waals surface area (Å²) in [7, 11) is -3.30. The van der Waals surface area contributed by atoms with E-state index in [2.05, 4.69) is 15.2 Å². The molecule has 1 amide bonds. The Labute approximate surface area is 192 Å². The maximum absolute atomic E-state index is 13.5. The summed E-state index contributed by atoms with van der Waals surface area (Å²) < 4.78 is 55.7. The molecule has 3 atom stereocenters. The molecule has 7 nitrogen and oxygen atoms in total. The number of anilines is 1. The highest BCUT2D eigenvalue weighted by Gasteiger charge is 2.43. The van der Waals surface area contributed by atoms with Crippen molar-refractivity contribution in [3.8, 4) is 5.75 Å². The van der Waals surface area contributed by atoms with Crippen molar-refractivity contribution in [3.63, 3.8) is 0 Å². The molecule has 2 aromatic rings. The first-order chi connectivity index (χ1) is 15.4. The molecule has 1 aromatic carbocycles. The minimum atomic E-state index is -3.30. The molecule has 2 fully saturated rings. The Kier molecular flexibility index (Phi) is 6.07. The van der Waals surface area contributed by atoms with Crippen molar-refractivity contribution in [2.24, 2.45) is 0 Å². The molecular formula is C23H27F2N3O4S. The highest BCUT2D eigenvalue weighted by atomic mass is 32.2. The lowest BCUT2D eigenvalue weighted by atomic mass is 9.96. The van der Waals surface area contributed by atoms with Gasteiger partial charge in [-0.3, -0.25) is 4.79 Å². The molecule has 33 heavy (non-hydrogen) atoms. The number of fused-ring (bicyclic) bond motifs is 2. The predicted molar refractivity (Wildman–Crippen MR) is 119 cm³/mol. The number of amides is 1. The molecule has 1 aromatic heterocycles. The number of carbonyl (C=O) groups excluding carboxylic acids is 1. The van der Waals surface area contributed by atoms with Gasteiger partial charge in [0.1, 0.15) is 11.6 Å². The first-order valence-corrected chi connectivity index (χ1v) is 12.7. The third-order valence-corrected chi connectivity index (χ3v) is 7.39. The number of hydrogen-bond acceptors (Lipinski definition) is 6. The second kappa shape index (κ2) is 8.55. The Balaban J connectivity index is 1.40. The van der Waals surface area contributed by atoms with Crippen LogP contribution in [0, 0.1) is 11.6 Å². The van der Waals surface area contributed by atoms with Gasteiger partial charge in [-0.25, -0.2) is 22.2 Å². The molecule has 3 heterocycles. The number of halogens is 2. The van der Waals surface area contributed by atoms with E-state index in [0.717, 1.165) is 49.9 Å². The summed E-state index contributed by atoms with van der Waals surface area (Å²) in [5.41, 5.74) is -1.27. The van der Waals surface area contributed by atoms with Gasteiger partial charge in [-0.05, 0) is 63.8 Å². The van der Waals surface area contributed by atoms with Crippen LogP contribution in [0.1, 0.15) is 39.5 Å². The number of carbonyl (C=O) groups is 1. The van der Waals surface area contributed by atoms with E-state index in [0.29, 0.717) is 0 Å². The molecule has 2 aliphatic rings. The van der Waals surface area contributed by atoms with E-state index in [1.807, 2.05) is 0 Å². The Bertz CT molecular complexity index is 1140. The molecule has 178 valence electrons. The van der Waals surface area contributed by atoms with Crippen molar-refractivity contribution < 1.29 is 26.7 Å². The smallest absolute Gasteiger partial charge is 0.263 e. The van der Waals surface area contributed by atoms with E-state index in [9.17, 15) is 22.0 Å². The molecule has 1 N–H and O–H groups in total. The Morgan fingerprint density at radius 1 is 1.12 bits per heavy atom. The van der Waals surface area contributed by atoms with Gasteiger partial charge in [-0.1, -0.05) is 0 Å². The number of pyridine rings is 1. The lowest BCUT2D eigenvalue weighted by molar-refractivity contribution is -0.135. The normalized spacial score (nSPS) is 22.8. The zero-order chi connectivity index (χ0) is 24.0. The first kappa shape index (κ1) is 23.4. The minimum absolute atomic E-state index is 0.0608. The quantitative estimate of drug-likeness (QED) is 0.685. The van der Waals surface area contributed by atoms with Gasteiger partial charge >= 0.3 is 0 Å². The maximum Gasteiger partial charge on any atom is 0.263 e. The van der Waals surface area contributed by atoms with Crippen LogP contribution in [0.2, 0.25) is 0 Å². The number of benzene rings is 1. The summed E-state index contributed by atoms with van der Waals surface area (Å²) in [6.07, 6.45) is 5.90. The van der Waals surface area contributed by atoms with Crippen molar-refractivity contribution >= 4 is 21.6 Å². The molecular weight excluding hydrogens is 452 g/mol. The monoisotopic (exact) mass is 479 g/mol. The van der Waals surface area contributed by atoms with Gasteiger partial charge in [0.25, 0.3) is 5.91 Å². The number of ether oxygens (including phenoxy) is 1. The lowest BCUT2D eigenvalue weighted by Gasteiger charge is -2.40. The average Bonchev–Trinajstić information content (AvgIpc) is 3.00. The summed E-state index contributed by atoms with van der Waals surface area (Å²) in [6, 6.07) is 6.78. The summed E-state index contributed by atoms with van der Waals surface area (Å²) in [4.78, 5) is 19.7. The highest BCUT2D eigenvalue weighted by molar-refractivity contribution is 7.90. The van der Waals surface area contributed by atoms with E-state index in [1.165, 1.54) is 12.3 Å². The molecule has 10 heteroatoms. The Morgan fingerprint density at radius 2 is 1.79 bits per heavy atom. The van der Waals surface area contributed by atoms with Gasteiger partial charge in [-0.15, -0.1) is 0 Å². The van der Waals surface area contributed by atoms with Crippen LogP contribution in [0.15, 0.2) is 41.4 Å². The van der Waals surface area contributed by atoms with Crippen LogP contribution in [0.5, 0.6) is 5.75 Å². The fraction of sp³-hybridized carbons (Fsp3) is 0.478. The zero-order valence-electron chi connectivity index (χ0n) is 18.7. The Hall–Kier alpha value is -2.75. The van der Waals surface area contributed by atoms with E-state index < -0.39 is 27.1 Å². The summed E-state index contributed by atoms with van der Waals surface area (Å²) in [5, 5.41) is 3.05. The number of nitrogens with one attached hydrogen (secondary N) is 1. The predicted octanol–water partition coefficient (Wildman–Crippen LogP) is 3.24. The van der Waals surface area contributed by atoms with E-state index >= 15 is 0 Å². The number of nitrogens with zero attached hydrogens (tertiary/aromatic N) is 2. The summed E-state index contributed by atoms with van der Waals surface area (Å²) in [6.45, 7) is 3.17. The SMILES string of the molecule is CC(C)(Oc1ccc(F)c(F)c1)C(=O)N[C@H]1C[C@H]2CC[C@@H](C1)N2c1ccc(S(C)(=O)=O)cn1. The molecule has 0 unspecified atom stereocenters. The average molecular weight is 480 g/mol. The largest absolute Gasteiger partial charge is 0.478 e. The fourth-order valence-electron chi connectivity index (χ4n) is 4.65.